The summed E-state index contributed by atoms with van der Waals surface area (Å²) in [5.74, 6) is 0.260. The number of para-hydroxylation sites is 1. The molecule has 1 fully saturated rings. The number of aromatic nitrogens is 3. The number of hydrogen-bond donors (Lipinski definition) is 5. The van der Waals surface area contributed by atoms with Gasteiger partial charge in [0.15, 0.2) is 0 Å². The zero-order valence-electron chi connectivity index (χ0n) is 17.8. The van der Waals surface area contributed by atoms with E-state index < -0.39 is 0 Å². The van der Waals surface area contributed by atoms with Gasteiger partial charge in [-0.15, -0.1) is 0 Å². The first-order chi connectivity index (χ1) is 16.1. The number of hydrogen-bond acceptors (Lipinski definition) is 6. The van der Waals surface area contributed by atoms with Crippen molar-refractivity contribution in [1.29, 1.82) is 0 Å². The van der Waals surface area contributed by atoms with Crippen molar-refractivity contribution >= 4 is 45.7 Å². The summed E-state index contributed by atoms with van der Waals surface area (Å²) < 4.78 is 0. The Labute approximate surface area is 196 Å². The van der Waals surface area contributed by atoms with Gasteiger partial charge in [-0.2, -0.15) is 0 Å². The fourth-order valence-electron chi connectivity index (χ4n) is 4.14. The third kappa shape index (κ3) is 4.62. The monoisotopic (exact) mass is 461 g/mol. The Bertz CT molecular complexity index is 1290. The zero-order valence-corrected chi connectivity index (χ0v) is 18.6. The van der Waals surface area contributed by atoms with Crippen molar-refractivity contribution in [3.63, 3.8) is 0 Å². The average molecular weight is 462 g/mol. The van der Waals surface area contributed by atoms with Crippen molar-refractivity contribution in [1.82, 2.24) is 20.3 Å². The number of carbonyl (C=O) groups is 1. The van der Waals surface area contributed by atoms with Crippen LogP contribution >= 0.6 is 11.6 Å². The van der Waals surface area contributed by atoms with E-state index >= 15 is 0 Å². The third-order valence-electron chi connectivity index (χ3n) is 5.82. The van der Waals surface area contributed by atoms with Gasteiger partial charge in [-0.1, -0.05) is 29.8 Å². The largest absolute Gasteiger partial charge is 0.399 e. The number of nitrogens with two attached hydrogens (primary N) is 1. The number of nitrogens with one attached hydrogen (secondary N) is 4. The van der Waals surface area contributed by atoms with Gasteiger partial charge >= 0.3 is 0 Å². The van der Waals surface area contributed by atoms with Crippen molar-refractivity contribution < 1.29 is 4.79 Å². The predicted octanol–water partition coefficient (Wildman–Crippen LogP) is 3.89. The molecule has 1 aliphatic rings. The molecular formula is C24H24ClN7O. The van der Waals surface area contributed by atoms with Gasteiger partial charge in [0.05, 0.1) is 22.8 Å². The SMILES string of the molecule is Nc1ccc(NC(=O)[C@H]2CNC[C@H](Nc3ncc(Cl)c(-c4c[nH]c5ccccc45)n3)C2)cc1. The molecule has 2 aromatic carbocycles. The van der Waals surface area contributed by atoms with Gasteiger partial charge in [-0.3, -0.25) is 4.79 Å². The number of piperidine rings is 1. The summed E-state index contributed by atoms with van der Waals surface area (Å²) in [5, 5.41) is 11.2. The Balaban J connectivity index is 1.29. The second kappa shape index (κ2) is 9.09. The molecule has 0 aliphatic carbocycles. The number of anilines is 3. The van der Waals surface area contributed by atoms with Crippen LogP contribution in [0, 0.1) is 5.92 Å². The molecule has 8 nitrogen and oxygen atoms in total. The van der Waals surface area contributed by atoms with Crippen LogP contribution in [0.3, 0.4) is 0 Å². The van der Waals surface area contributed by atoms with E-state index in [1.807, 2.05) is 30.5 Å². The molecular weight excluding hydrogens is 438 g/mol. The Hall–Kier alpha value is -3.62. The molecule has 1 amide bonds. The van der Waals surface area contributed by atoms with Gasteiger partial charge in [-0.05, 0) is 36.8 Å². The van der Waals surface area contributed by atoms with Gasteiger partial charge in [0.1, 0.15) is 0 Å². The van der Waals surface area contributed by atoms with Gasteiger partial charge in [0.2, 0.25) is 11.9 Å². The first-order valence-corrected chi connectivity index (χ1v) is 11.2. The number of carbonyl (C=O) groups excluding carboxylic acids is 1. The number of aromatic amines is 1. The Morgan fingerprint density at radius 1 is 1.12 bits per heavy atom. The summed E-state index contributed by atoms with van der Waals surface area (Å²) in [6, 6.07) is 15.1. The molecule has 0 spiro atoms. The molecule has 0 radical (unpaired) electrons. The molecule has 2 aromatic heterocycles. The number of halogens is 1. The van der Waals surface area contributed by atoms with Gasteiger partial charge in [-0.25, -0.2) is 9.97 Å². The fraction of sp³-hybridized carbons (Fsp3) is 0.208. The highest BCUT2D eigenvalue weighted by Gasteiger charge is 2.28. The normalized spacial score (nSPS) is 18.2. The van der Waals surface area contributed by atoms with Gasteiger partial charge in [0.25, 0.3) is 0 Å². The lowest BCUT2D eigenvalue weighted by Crippen LogP contribution is -2.47. The minimum absolute atomic E-state index is 0.00193. The van der Waals surface area contributed by atoms with E-state index in [2.05, 4.69) is 25.9 Å². The van der Waals surface area contributed by atoms with E-state index in [0.29, 0.717) is 41.9 Å². The van der Waals surface area contributed by atoms with Crippen LogP contribution in [0.4, 0.5) is 17.3 Å². The smallest absolute Gasteiger partial charge is 0.228 e. The van der Waals surface area contributed by atoms with E-state index in [0.717, 1.165) is 22.2 Å². The van der Waals surface area contributed by atoms with Crippen molar-refractivity contribution in [2.45, 2.75) is 12.5 Å². The number of fused-ring (bicyclic) bond motifs is 1. The van der Waals surface area contributed by atoms with Gasteiger partial charge in [0, 0.05) is 53.2 Å². The van der Waals surface area contributed by atoms with Crippen molar-refractivity contribution in [2.75, 3.05) is 29.5 Å². The highest BCUT2D eigenvalue weighted by Crippen LogP contribution is 2.32. The van der Waals surface area contributed by atoms with E-state index in [4.69, 9.17) is 22.3 Å². The summed E-state index contributed by atoms with van der Waals surface area (Å²) in [5.41, 5.74) is 9.70. The highest BCUT2D eigenvalue weighted by molar-refractivity contribution is 6.33. The molecule has 2 atom stereocenters. The molecule has 6 N–H and O–H groups in total. The summed E-state index contributed by atoms with van der Waals surface area (Å²) >= 11 is 6.44. The van der Waals surface area contributed by atoms with Crippen LogP contribution in [0.25, 0.3) is 22.2 Å². The first-order valence-electron chi connectivity index (χ1n) is 10.8. The molecule has 1 saturated heterocycles. The van der Waals surface area contributed by atoms with E-state index in [1.54, 1.807) is 30.5 Å². The van der Waals surface area contributed by atoms with Crippen molar-refractivity contribution in [3.05, 3.63) is 65.9 Å². The highest BCUT2D eigenvalue weighted by atomic mass is 35.5. The second-order valence-electron chi connectivity index (χ2n) is 8.18. The fourth-order valence-corrected chi connectivity index (χ4v) is 4.33. The Morgan fingerprint density at radius 2 is 1.94 bits per heavy atom. The number of amides is 1. The average Bonchev–Trinajstić information content (AvgIpc) is 3.26. The lowest BCUT2D eigenvalue weighted by Gasteiger charge is -2.30. The van der Waals surface area contributed by atoms with Crippen LogP contribution in [0.5, 0.6) is 0 Å². The molecule has 5 rings (SSSR count). The maximum Gasteiger partial charge on any atom is 0.228 e. The van der Waals surface area contributed by atoms with E-state index in [9.17, 15) is 4.79 Å². The number of H-pyrrole nitrogens is 1. The van der Waals surface area contributed by atoms with Crippen LogP contribution in [0.2, 0.25) is 5.02 Å². The van der Waals surface area contributed by atoms with Crippen LogP contribution < -0.4 is 21.7 Å². The number of nitrogen functional groups attached to an aromatic ring is 1. The van der Waals surface area contributed by atoms with E-state index in [-0.39, 0.29) is 17.9 Å². The molecule has 3 heterocycles. The standard InChI is InChI=1S/C24H24ClN7O/c25-20-13-29-24(32-22(20)19-12-28-21-4-2-1-3-18(19)21)31-17-9-14(10-27-11-17)23(33)30-16-7-5-15(26)6-8-16/h1-8,12-14,17,27-28H,9-11,26H2,(H,30,33)(H,29,31,32)/t14-,17-/m1/s1. The van der Waals surface area contributed by atoms with Crippen LogP contribution in [-0.2, 0) is 4.79 Å². The minimum atomic E-state index is -0.186. The quantitative estimate of drug-likeness (QED) is 0.287. The topological polar surface area (TPSA) is 121 Å². The Kier molecular flexibility index (Phi) is 5.85. The molecule has 0 saturated carbocycles. The number of nitrogens with zero attached hydrogens (tertiary/aromatic N) is 2. The third-order valence-corrected chi connectivity index (χ3v) is 6.10. The number of benzene rings is 2. The Morgan fingerprint density at radius 3 is 2.79 bits per heavy atom. The minimum Gasteiger partial charge on any atom is -0.399 e. The second-order valence-corrected chi connectivity index (χ2v) is 8.59. The molecule has 1 aliphatic heterocycles. The predicted molar refractivity (Wildman–Crippen MR) is 132 cm³/mol. The first kappa shape index (κ1) is 21.2. The molecule has 4 aromatic rings. The van der Waals surface area contributed by atoms with Crippen LogP contribution in [-0.4, -0.2) is 40.0 Å². The van der Waals surface area contributed by atoms with Crippen molar-refractivity contribution in [2.24, 2.45) is 5.92 Å². The summed E-state index contributed by atoms with van der Waals surface area (Å²) in [6.07, 6.45) is 4.17. The lowest BCUT2D eigenvalue weighted by atomic mass is 9.95. The van der Waals surface area contributed by atoms with Gasteiger partial charge < -0.3 is 26.7 Å². The maximum absolute atomic E-state index is 12.8. The van der Waals surface area contributed by atoms with Crippen LogP contribution in [0.1, 0.15) is 6.42 Å². The van der Waals surface area contributed by atoms with E-state index in [1.165, 1.54) is 0 Å². The summed E-state index contributed by atoms with van der Waals surface area (Å²) in [7, 11) is 0. The molecule has 0 unspecified atom stereocenters. The van der Waals surface area contributed by atoms with Crippen molar-refractivity contribution in [3.8, 4) is 11.3 Å². The molecule has 33 heavy (non-hydrogen) atoms. The summed E-state index contributed by atoms with van der Waals surface area (Å²) in [4.78, 5) is 25.1. The number of rotatable bonds is 5. The lowest BCUT2D eigenvalue weighted by molar-refractivity contribution is -0.120. The summed E-state index contributed by atoms with van der Waals surface area (Å²) in [6.45, 7) is 1.32. The maximum atomic E-state index is 12.8. The molecule has 168 valence electrons. The molecule has 0 bridgehead atoms. The molecule has 9 heteroatoms. The zero-order chi connectivity index (χ0) is 22.8. The van der Waals surface area contributed by atoms with Crippen LogP contribution in [0.15, 0.2) is 60.9 Å².